The van der Waals surface area contributed by atoms with Crippen molar-refractivity contribution in [2.24, 2.45) is 0 Å². The summed E-state index contributed by atoms with van der Waals surface area (Å²) in [4.78, 5) is 34.9. The summed E-state index contributed by atoms with van der Waals surface area (Å²) in [6.45, 7) is 0.431. The second-order valence-corrected chi connectivity index (χ2v) is 5.91. The van der Waals surface area contributed by atoms with Gasteiger partial charge >= 0.3 is 0 Å². The Morgan fingerprint density at radius 2 is 1.68 bits per heavy atom. The fourth-order valence-electron chi connectivity index (χ4n) is 2.88. The van der Waals surface area contributed by atoms with E-state index in [1.807, 2.05) is 12.1 Å². The molecule has 0 N–H and O–H groups in total. The lowest BCUT2D eigenvalue weighted by atomic mass is 10.0. The van der Waals surface area contributed by atoms with Crippen LogP contribution in [0.1, 0.15) is 22.3 Å². The second kappa shape index (κ2) is 6.48. The van der Waals surface area contributed by atoms with Crippen LogP contribution in [0.5, 0.6) is 0 Å². The van der Waals surface area contributed by atoms with Gasteiger partial charge in [0.2, 0.25) is 0 Å². The van der Waals surface area contributed by atoms with Crippen LogP contribution in [0.15, 0.2) is 36.4 Å². The lowest BCUT2D eigenvalue weighted by molar-refractivity contribution is -0.393. The summed E-state index contributed by atoms with van der Waals surface area (Å²) in [7, 11) is 0. The number of nitrogens with zero attached hydrogens (tertiary/aromatic N) is 3. The standard InChI is InChI=1S/C16H12ClN3O5/c17-15-13(19(22)23)8-11(9-14(15)20(24)25)16(21)18-7-3-5-10-4-1-2-6-12(10)18/h1-2,4,6,8-9H,3,5,7H2. The molecular formula is C16H12ClN3O5. The van der Waals surface area contributed by atoms with Gasteiger partial charge in [-0.1, -0.05) is 29.8 Å². The van der Waals surface area contributed by atoms with Crippen LogP contribution in [0.3, 0.4) is 0 Å². The smallest absolute Gasteiger partial charge is 0.295 e. The molecule has 1 aliphatic heterocycles. The number of nitro groups is 2. The largest absolute Gasteiger partial charge is 0.308 e. The zero-order valence-electron chi connectivity index (χ0n) is 12.8. The zero-order valence-corrected chi connectivity index (χ0v) is 13.6. The van der Waals surface area contributed by atoms with E-state index in [0.29, 0.717) is 12.2 Å². The van der Waals surface area contributed by atoms with Gasteiger partial charge < -0.3 is 4.90 Å². The molecule has 1 aliphatic rings. The van der Waals surface area contributed by atoms with E-state index in [-0.39, 0.29) is 5.56 Å². The highest BCUT2D eigenvalue weighted by molar-refractivity contribution is 6.35. The van der Waals surface area contributed by atoms with Gasteiger partial charge in [-0.2, -0.15) is 0 Å². The molecule has 128 valence electrons. The summed E-state index contributed by atoms with van der Waals surface area (Å²) in [5.74, 6) is -0.532. The minimum atomic E-state index is -0.837. The Morgan fingerprint density at radius 3 is 2.28 bits per heavy atom. The first-order valence-electron chi connectivity index (χ1n) is 7.42. The lowest BCUT2D eigenvalue weighted by Crippen LogP contribution is -2.35. The molecule has 0 radical (unpaired) electrons. The van der Waals surface area contributed by atoms with Crippen molar-refractivity contribution in [1.29, 1.82) is 0 Å². The first-order valence-corrected chi connectivity index (χ1v) is 7.80. The number of nitro benzene ring substituents is 2. The summed E-state index contributed by atoms with van der Waals surface area (Å²) >= 11 is 5.73. The van der Waals surface area contributed by atoms with E-state index in [0.717, 1.165) is 30.5 Å². The average Bonchev–Trinajstić information content (AvgIpc) is 2.60. The van der Waals surface area contributed by atoms with Gasteiger partial charge in [0, 0.05) is 24.4 Å². The molecule has 0 saturated heterocycles. The number of carbonyl (C=O) groups excluding carboxylic acids is 1. The van der Waals surface area contributed by atoms with Gasteiger partial charge in [0.25, 0.3) is 17.3 Å². The minimum absolute atomic E-state index is 0.139. The number of hydrogen-bond donors (Lipinski definition) is 0. The molecule has 0 fully saturated rings. The van der Waals surface area contributed by atoms with E-state index in [1.165, 1.54) is 4.90 Å². The summed E-state index contributed by atoms with van der Waals surface area (Å²) < 4.78 is 0. The van der Waals surface area contributed by atoms with Gasteiger partial charge in [0.05, 0.1) is 15.4 Å². The number of carbonyl (C=O) groups is 1. The molecule has 1 amide bonds. The van der Waals surface area contributed by atoms with Crippen LogP contribution >= 0.6 is 11.6 Å². The van der Waals surface area contributed by atoms with Gasteiger partial charge in [-0.25, -0.2) is 0 Å². The van der Waals surface area contributed by atoms with E-state index in [4.69, 9.17) is 11.6 Å². The fourth-order valence-corrected chi connectivity index (χ4v) is 3.13. The van der Waals surface area contributed by atoms with Gasteiger partial charge in [-0.3, -0.25) is 25.0 Å². The summed E-state index contributed by atoms with van der Waals surface area (Å²) in [6.07, 6.45) is 1.56. The Bertz CT molecular complexity index is 864. The molecule has 0 unspecified atom stereocenters. The number of anilines is 1. The fraction of sp³-hybridized carbons (Fsp3) is 0.188. The Labute approximate surface area is 146 Å². The lowest BCUT2D eigenvalue weighted by Gasteiger charge is -2.29. The molecule has 0 aliphatic carbocycles. The third-order valence-corrected chi connectivity index (χ3v) is 4.42. The number of fused-ring (bicyclic) bond motifs is 1. The number of hydrogen-bond acceptors (Lipinski definition) is 5. The molecule has 9 heteroatoms. The quantitative estimate of drug-likeness (QED) is 0.611. The maximum absolute atomic E-state index is 12.9. The molecule has 0 bridgehead atoms. The van der Waals surface area contributed by atoms with Crippen molar-refractivity contribution in [3.8, 4) is 0 Å². The van der Waals surface area contributed by atoms with Crippen LogP contribution in [0.2, 0.25) is 5.02 Å². The number of benzene rings is 2. The predicted molar refractivity (Wildman–Crippen MR) is 91.2 cm³/mol. The van der Waals surface area contributed by atoms with Crippen LogP contribution < -0.4 is 4.90 Å². The van der Waals surface area contributed by atoms with E-state index in [9.17, 15) is 25.0 Å². The van der Waals surface area contributed by atoms with Crippen molar-refractivity contribution < 1.29 is 14.6 Å². The minimum Gasteiger partial charge on any atom is -0.308 e. The summed E-state index contributed by atoms with van der Waals surface area (Å²) in [5.41, 5.74) is 0.229. The van der Waals surface area contributed by atoms with Crippen LogP contribution in [0.4, 0.5) is 17.1 Å². The normalized spacial score (nSPS) is 13.2. The second-order valence-electron chi connectivity index (χ2n) is 5.53. The third kappa shape index (κ3) is 3.03. The van der Waals surface area contributed by atoms with Gasteiger partial charge in [-0.15, -0.1) is 0 Å². The monoisotopic (exact) mass is 361 g/mol. The predicted octanol–water partition coefficient (Wildman–Crippen LogP) is 3.75. The van der Waals surface area contributed by atoms with Crippen molar-refractivity contribution in [3.63, 3.8) is 0 Å². The highest BCUT2D eigenvalue weighted by atomic mass is 35.5. The summed E-state index contributed by atoms with van der Waals surface area (Å²) in [6, 6.07) is 9.30. The molecule has 2 aromatic carbocycles. The summed E-state index contributed by atoms with van der Waals surface area (Å²) in [5, 5.41) is 21.6. The van der Waals surface area contributed by atoms with Crippen molar-refractivity contribution in [2.45, 2.75) is 12.8 Å². The molecule has 1 heterocycles. The third-order valence-electron chi connectivity index (χ3n) is 4.03. The molecule has 0 saturated carbocycles. The Hall–Kier alpha value is -3.00. The molecule has 0 atom stereocenters. The van der Waals surface area contributed by atoms with Crippen LogP contribution in [-0.2, 0) is 6.42 Å². The Morgan fingerprint density at radius 1 is 1.08 bits per heavy atom. The van der Waals surface area contributed by atoms with E-state index in [1.54, 1.807) is 12.1 Å². The van der Waals surface area contributed by atoms with Crippen LogP contribution in [-0.4, -0.2) is 22.3 Å². The van der Waals surface area contributed by atoms with Crippen LogP contribution in [0.25, 0.3) is 0 Å². The van der Waals surface area contributed by atoms with E-state index >= 15 is 0 Å². The maximum Gasteiger partial charge on any atom is 0.295 e. The average molecular weight is 362 g/mol. The van der Waals surface area contributed by atoms with Crippen LogP contribution in [0, 0.1) is 20.2 Å². The molecule has 0 spiro atoms. The molecule has 25 heavy (non-hydrogen) atoms. The zero-order chi connectivity index (χ0) is 18.1. The SMILES string of the molecule is O=C(c1cc([N+](=O)[O-])c(Cl)c([N+](=O)[O-])c1)N1CCCc2ccccc21. The van der Waals surface area contributed by atoms with Gasteiger partial charge in [0.1, 0.15) is 0 Å². The maximum atomic E-state index is 12.9. The first-order chi connectivity index (χ1) is 11.9. The number of halogens is 1. The highest BCUT2D eigenvalue weighted by Gasteiger charge is 2.30. The molecule has 8 nitrogen and oxygen atoms in total. The first kappa shape index (κ1) is 16.8. The number of para-hydroxylation sites is 1. The van der Waals surface area contributed by atoms with E-state index < -0.39 is 32.2 Å². The van der Waals surface area contributed by atoms with Crippen molar-refractivity contribution in [1.82, 2.24) is 0 Å². The van der Waals surface area contributed by atoms with Crippen molar-refractivity contribution in [3.05, 3.63) is 72.8 Å². The molecular weight excluding hydrogens is 350 g/mol. The van der Waals surface area contributed by atoms with Gasteiger partial charge in [-0.05, 0) is 24.5 Å². The Balaban J connectivity index is 2.09. The topological polar surface area (TPSA) is 107 Å². The van der Waals surface area contributed by atoms with Crippen molar-refractivity contribution >= 4 is 34.6 Å². The van der Waals surface area contributed by atoms with E-state index in [2.05, 4.69) is 0 Å². The van der Waals surface area contributed by atoms with Crippen molar-refractivity contribution in [2.75, 3.05) is 11.4 Å². The molecule has 2 aromatic rings. The Kier molecular flexibility index (Phi) is 4.37. The van der Waals surface area contributed by atoms with Gasteiger partial charge in [0.15, 0.2) is 5.02 Å². The number of amides is 1. The highest BCUT2D eigenvalue weighted by Crippen LogP contribution is 2.36. The number of aryl methyl sites for hydroxylation is 1. The number of rotatable bonds is 3. The molecule has 3 rings (SSSR count). The molecule has 0 aromatic heterocycles.